The Morgan fingerprint density at radius 2 is 0.816 bits per heavy atom. The maximum Gasteiger partial charge on any atom is 0.339 e. The minimum Gasteiger partial charge on any atom is -0.449 e. The molecule has 2 nitrogen and oxygen atoms in total. The Morgan fingerprint density at radius 1 is 0.447 bits per heavy atom. The van der Waals surface area contributed by atoms with E-state index in [0.717, 1.165) is 43.5 Å². The normalized spacial score (nSPS) is 13.2. The number of hydrogen-bond acceptors (Lipinski definition) is 2. The Hall–Kier alpha value is -4.95. The van der Waals surface area contributed by atoms with E-state index in [-0.39, 0.29) is 5.97 Å². The van der Waals surface area contributed by atoms with Crippen molar-refractivity contribution in [2.75, 3.05) is 0 Å². The number of carbonyl (C=O) groups is 1. The zero-order valence-corrected chi connectivity index (χ0v) is 20.7. The molecule has 0 fully saturated rings. The largest absolute Gasteiger partial charge is 0.449 e. The summed E-state index contributed by atoms with van der Waals surface area (Å²) in [7, 11) is 0. The van der Waals surface area contributed by atoms with Crippen molar-refractivity contribution in [1.82, 2.24) is 0 Å². The molecule has 0 aliphatic heterocycles. The summed E-state index contributed by atoms with van der Waals surface area (Å²) >= 11 is 0. The number of esters is 1. The molecule has 0 N–H and O–H groups in total. The van der Waals surface area contributed by atoms with Crippen molar-refractivity contribution in [2.24, 2.45) is 0 Å². The molecule has 0 aromatic heterocycles. The summed E-state index contributed by atoms with van der Waals surface area (Å²) < 4.78 is 6.50. The first-order valence-corrected chi connectivity index (χ1v) is 12.9. The molecule has 38 heavy (non-hydrogen) atoms. The Labute approximate surface area is 220 Å². The molecule has 0 saturated carbocycles. The highest BCUT2D eigenvalue weighted by molar-refractivity contribution is 6.12. The van der Waals surface area contributed by atoms with Crippen molar-refractivity contribution < 1.29 is 9.53 Å². The van der Waals surface area contributed by atoms with Gasteiger partial charge in [0.15, 0.2) is 6.10 Å². The summed E-state index contributed by atoms with van der Waals surface area (Å²) in [5.41, 5.74) is 4.67. The number of hydrogen-bond donors (Lipinski definition) is 0. The maximum atomic E-state index is 13.6. The van der Waals surface area contributed by atoms with E-state index in [1.807, 2.05) is 54.6 Å². The highest BCUT2D eigenvalue weighted by atomic mass is 16.5. The van der Waals surface area contributed by atoms with Crippen LogP contribution < -0.4 is 10.4 Å². The maximum absolute atomic E-state index is 13.6. The number of rotatable bonds is 4. The Balaban J connectivity index is 1.67. The van der Waals surface area contributed by atoms with Crippen LogP contribution in [0.2, 0.25) is 0 Å². The van der Waals surface area contributed by atoms with Gasteiger partial charge >= 0.3 is 5.97 Å². The van der Waals surface area contributed by atoms with Gasteiger partial charge in [0, 0.05) is 11.1 Å². The predicted molar refractivity (Wildman–Crippen MR) is 154 cm³/mol. The molecule has 6 aromatic rings. The number of carbonyl (C=O) groups excluding carboxylic acids is 1. The molecular formula is C36H24O2. The van der Waals surface area contributed by atoms with Gasteiger partial charge < -0.3 is 4.74 Å². The van der Waals surface area contributed by atoms with Gasteiger partial charge in [-0.25, -0.2) is 4.79 Å². The van der Waals surface area contributed by atoms with Crippen molar-refractivity contribution >= 4 is 38.7 Å². The quantitative estimate of drug-likeness (QED) is 0.206. The molecule has 7 rings (SSSR count). The number of benzene rings is 6. The van der Waals surface area contributed by atoms with Crippen LogP contribution in [0.3, 0.4) is 0 Å². The van der Waals surface area contributed by atoms with Crippen LogP contribution in [0.15, 0.2) is 140 Å². The molecule has 0 amide bonds. The lowest BCUT2D eigenvalue weighted by Crippen LogP contribution is -2.27. The van der Waals surface area contributed by atoms with Gasteiger partial charge in [-0.05, 0) is 55.2 Å². The average Bonchev–Trinajstić information content (AvgIpc) is 3.33. The zero-order valence-electron chi connectivity index (χ0n) is 20.7. The van der Waals surface area contributed by atoms with E-state index in [2.05, 4.69) is 72.8 Å². The lowest BCUT2D eigenvalue weighted by molar-refractivity contribution is 0.0488. The lowest BCUT2D eigenvalue weighted by atomic mass is 9.94. The smallest absolute Gasteiger partial charge is 0.339 e. The summed E-state index contributed by atoms with van der Waals surface area (Å²) in [6.07, 6.45) is -0.572. The molecule has 2 heteroatoms. The fraction of sp³-hybridized carbons (Fsp3) is 0.0278. The highest BCUT2D eigenvalue weighted by Crippen LogP contribution is 2.34. The third kappa shape index (κ3) is 3.54. The van der Waals surface area contributed by atoms with E-state index in [0.29, 0.717) is 5.56 Å². The average molecular weight is 489 g/mol. The fourth-order valence-electron chi connectivity index (χ4n) is 5.80. The van der Waals surface area contributed by atoms with Gasteiger partial charge in [-0.15, -0.1) is 0 Å². The summed E-state index contributed by atoms with van der Waals surface area (Å²) in [6.45, 7) is 0. The molecule has 0 heterocycles. The van der Waals surface area contributed by atoms with E-state index in [9.17, 15) is 4.79 Å². The van der Waals surface area contributed by atoms with Gasteiger partial charge in [0.05, 0.1) is 5.56 Å². The predicted octanol–water partition coefficient (Wildman–Crippen LogP) is 6.63. The van der Waals surface area contributed by atoms with Crippen LogP contribution in [0.1, 0.15) is 21.5 Å². The molecular weight excluding hydrogens is 464 g/mol. The second-order valence-electron chi connectivity index (χ2n) is 9.55. The first-order chi connectivity index (χ1) is 18.8. The molecule has 0 saturated heterocycles. The fourth-order valence-corrected chi connectivity index (χ4v) is 5.80. The summed E-state index contributed by atoms with van der Waals surface area (Å²) in [5.74, 6) is -0.334. The van der Waals surface area contributed by atoms with Crippen molar-refractivity contribution in [1.29, 1.82) is 0 Å². The second kappa shape index (κ2) is 9.17. The van der Waals surface area contributed by atoms with Gasteiger partial charge in [0.1, 0.15) is 0 Å². The minimum absolute atomic E-state index is 0.334. The van der Waals surface area contributed by atoms with Crippen LogP contribution in [0, 0.1) is 0 Å². The molecule has 180 valence electrons. The van der Waals surface area contributed by atoms with E-state index < -0.39 is 6.10 Å². The third-order valence-corrected chi connectivity index (χ3v) is 7.40. The Bertz CT molecular complexity index is 1820. The molecule has 1 aliphatic carbocycles. The first-order valence-electron chi connectivity index (χ1n) is 12.9. The van der Waals surface area contributed by atoms with Gasteiger partial charge in [-0.2, -0.15) is 0 Å². The Kier molecular flexibility index (Phi) is 5.37. The lowest BCUT2D eigenvalue weighted by Gasteiger charge is -2.21. The van der Waals surface area contributed by atoms with E-state index in [1.54, 1.807) is 12.1 Å². The topological polar surface area (TPSA) is 26.3 Å². The minimum atomic E-state index is -0.572. The number of fused-ring (bicyclic) bond motifs is 6. The summed E-state index contributed by atoms with van der Waals surface area (Å²) in [5, 5.41) is 6.97. The molecule has 6 aromatic carbocycles. The van der Waals surface area contributed by atoms with E-state index in [4.69, 9.17) is 4.74 Å². The summed E-state index contributed by atoms with van der Waals surface area (Å²) in [4.78, 5) is 13.6. The standard InChI is InChI=1S/C36H24O2/c37-36(26-18-8-3-9-19-26)38-35-31(24-14-4-1-5-15-24)33-29-22-12-10-20-27(29)28-21-11-13-23-30(28)34(33)32(35)25-16-6-2-7-17-25/h1-23,35H. The number of ether oxygens (including phenoxy) is 1. The van der Waals surface area contributed by atoms with Crippen molar-refractivity contribution in [2.45, 2.75) is 6.10 Å². The van der Waals surface area contributed by atoms with Crippen molar-refractivity contribution in [3.63, 3.8) is 0 Å². The zero-order chi connectivity index (χ0) is 25.5. The van der Waals surface area contributed by atoms with E-state index >= 15 is 0 Å². The van der Waals surface area contributed by atoms with Gasteiger partial charge in [-0.3, -0.25) is 0 Å². The van der Waals surface area contributed by atoms with Gasteiger partial charge in [0.2, 0.25) is 0 Å². The Morgan fingerprint density at radius 3 is 1.26 bits per heavy atom. The molecule has 0 unspecified atom stereocenters. The third-order valence-electron chi connectivity index (χ3n) is 7.40. The second-order valence-corrected chi connectivity index (χ2v) is 9.55. The van der Waals surface area contributed by atoms with Gasteiger partial charge in [-0.1, -0.05) is 127 Å². The highest BCUT2D eigenvalue weighted by Gasteiger charge is 2.33. The van der Waals surface area contributed by atoms with Gasteiger partial charge in [0.25, 0.3) is 0 Å². The molecule has 0 bridgehead atoms. The SMILES string of the molecule is O=C(OC1C(c2ccccc2)=c2c(c3ccccc3c3ccccc23)=C1c1ccccc1)c1ccccc1. The van der Waals surface area contributed by atoms with Crippen molar-refractivity contribution in [3.05, 3.63) is 167 Å². The van der Waals surface area contributed by atoms with Crippen LogP contribution >= 0.6 is 0 Å². The van der Waals surface area contributed by atoms with Crippen LogP contribution in [0.5, 0.6) is 0 Å². The van der Waals surface area contributed by atoms with Crippen molar-refractivity contribution in [3.8, 4) is 0 Å². The monoisotopic (exact) mass is 488 g/mol. The molecule has 1 aliphatic rings. The molecule has 0 radical (unpaired) electrons. The van der Waals surface area contributed by atoms with Crippen LogP contribution in [-0.4, -0.2) is 12.1 Å². The van der Waals surface area contributed by atoms with Crippen LogP contribution in [0.25, 0.3) is 32.7 Å². The van der Waals surface area contributed by atoms with Crippen LogP contribution in [-0.2, 0) is 4.74 Å². The molecule has 0 spiro atoms. The first kappa shape index (κ1) is 22.3. The van der Waals surface area contributed by atoms with E-state index in [1.165, 1.54) is 10.8 Å². The summed E-state index contributed by atoms with van der Waals surface area (Å²) in [6, 6.07) is 47.0. The molecule has 0 atom stereocenters. The van der Waals surface area contributed by atoms with Crippen LogP contribution in [0.4, 0.5) is 0 Å².